The van der Waals surface area contributed by atoms with E-state index in [0.717, 1.165) is 6.07 Å². The third kappa shape index (κ3) is 2.54. The molecule has 1 aromatic carbocycles. The molecule has 0 atom stereocenters. The first-order valence-corrected chi connectivity index (χ1v) is 5.50. The number of nitriles is 1. The Kier molecular flexibility index (Phi) is 3.57. The summed E-state index contributed by atoms with van der Waals surface area (Å²) in [6, 6.07) is 6.71. The van der Waals surface area contributed by atoms with Crippen molar-refractivity contribution in [2.75, 3.05) is 0 Å². The molecule has 0 radical (unpaired) electrons. The molecule has 0 unspecified atom stereocenters. The van der Waals surface area contributed by atoms with Crippen LogP contribution in [0.25, 0.3) is 0 Å². The van der Waals surface area contributed by atoms with Crippen LogP contribution >= 0.6 is 0 Å². The number of ether oxygens (including phenoxy) is 1. The van der Waals surface area contributed by atoms with Crippen molar-refractivity contribution in [2.24, 2.45) is 0 Å². The number of aromatic nitrogens is 1. The lowest BCUT2D eigenvalue weighted by molar-refractivity contribution is -0.386. The third-order valence-corrected chi connectivity index (χ3v) is 2.46. The second-order valence-corrected chi connectivity index (χ2v) is 3.92. The number of hydrogen-bond donors (Lipinski definition) is 0. The smallest absolute Gasteiger partial charge is 0.331 e. The second-order valence-electron chi connectivity index (χ2n) is 3.92. The Bertz CT molecular complexity index is 725. The quantitative estimate of drug-likeness (QED) is 0.633. The number of nitrogens with zero attached hydrogens (tertiary/aromatic N) is 3. The van der Waals surface area contributed by atoms with Gasteiger partial charge in [0.15, 0.2) is 5.75 Å². The molecular formula is C13H8FN3O3. The van der Waals surface area contributed by atoms with Gasteiger partial charge in [0.1, 0.15) is 17.4 Å². The Morgan fingerprint density at radius 2 is 2.25 bits per heavy atom. The fraction of sp³-hybridized carbons (Fsp3) is 0.0769. The minimum absolute atomic E-state index is 0.119. The topological polar surface area (TPSA) is 89.0 Å². The van der Waals surface area contributed by atoms with Gasteiger partial charge in [0.25, 0.3) is 5.88 Å². The van der Waals surface area contributed by atoms with Crippen LogP contribution < -0.4 is 4.74 Å². The molecule has 20 heavy (non-hydrogen) atoms. The number of rotatable bonds is 3. The summed E-state index contributed by atoms with van der Waals surface area (Å²) in [5, 5.41) is 19.8. The van der Waals surface area contributed by atoms with Gasteiger partial charge in [-0.2, -0.15) is 5.26 Å². The first-order valence-electron chi connectivity index (χ1n) is 5.50. The minimum Gasteiger partial charge on any atom is -0.432 e. The van der Waals surface area contributed by atoms with Gasteiger partial charge in [-0.3, -0.25) is 10.1 Å². The maximum atomic E-state index is 13.4. The largest absolute Gasteiger partial charge is 0.432 e. The van der Waals surface area contributed by atoms with Crippen molar-refractivity contribution in [3.63, 3.8) is 0 Å². The molecule has 100 valence electrons. The standard InChI is InChI=1S/C13H8FN3O3/c1-8-5-11(17(18)19)13(16-7-8)20-12-4-2-3-10(14)9(12)6-15/h2-5,7H,1H3. The number of benzene rings is 1. The van der Waals surface area contributed by atoms with Gasteiger partial charge in [-0.05, 0) is 24.6 Å². The Hall–Kier alpha value is -3.01. The van der Waals surface area contributed by atoms with Gasteiger partial charge in [0, 0.05) is 12.3 Å². The van der Waals surface area contributed by atoms with Gasteiger partial charge in [-0.25, -0.2) is 9.37 Å². The first kappa shape index (κ1) is 13.4. The van der Waals surface area contributed by atoms with Crippen molar-refractivity contribution in [3.05, 3.63) is 57.5 Å². The van der Waals surface area contributed by atoms with E-state index in [1.165, 1.54) is 24.4 Å². The van der Waals surface area contributed by atoms with Crippen molar-refractivity contribution < 1.29 is 14.1 Å². The lowest BCUT2D eigenvalue weighted by Crippen LogP contribution is -1.98. The Balaban J connectivity index is 2.49. The molecule has 0 fully saturated rings. The molecule has 0 aliphatic carbocycles. The maximum absolute atomic E-state index is 13.4. The van der Waals surface area contributed by atoms with Crippen molar-refractivity contribution in [1.29, 1.82) is 5.26 Å². The molecule has 2 aromatic rings. The van der Waals surface area contributed by atoms with Crippen LogP contribution in [0.5, 0.6) is 11.6 Å². The molecule has 0 saturated heterocycles. The zero-order valence-electron chi connectivity index (χ0n) is 10.3. The van der Waals surface area contributed by atoms with Crippen LogP contribution in [0.1, 0.15) is 11.1 Å². The van der Waals surface area contributed by atoms with E-state index in [-0.39, 0.29) is 22.9 Å². The summed E-state index contributed by atoms with van der Waals surface area (Å²) >= 11 is 0. The van der Waals surface area contributed by atoms with Crippen LogP contribution in [0, 0.1) is 34.2 Å². The lowest BCUT2D eigenvalue weighted by atomic mass is 10.2. The van der Waals surface area contributed by atoms with E-state index in [2.05, 4.69) is 4.98 Å². The molecular weight excluding hydrogens is 265 g/mol. The summed E-state index contributed by atoms with van der Waals surface area (Å²) in [7, 11) is 0. The SMILES string of the molecule is Cc1cnc(Oc2cccc(F)c2C#N)c([N+](=O)[O-])c1. The normalized spacial score (nSPS) is 9.85. The van der Waals surface area contributed by atoms with Crippen molar-refractivity contribution >= 4 is 5.69 Å². The predicted octanol–water partition coefficient (Wildman–Crippen LogP) is 3.10. The maximum Gasteiger partial charge on any atom is 0.331 e. The van der Waals surface area contributed by atoms with E-state index >= 15 is 0 Å². The Morgan fingerprint density at radius 3 is 2.90 bits per heavy atom. The first-order chi connectivity index (χ1) is 9.52. The fourth-order valence-electron chi connectivity index (χ4n) is 1.55. The summed E-state index contributed by atoms with van der Waals surface area (Å²) in [6.07, 6.45) is 1.38. The lowest BCUT2D eigenvalue weighted by Gasteiger charge is -2.07. The van der Waals surface area contributed by atoms with Gasteiger partial charge in [-0.15, -0.1) is 0 Å². The highest BCUT2D eigenvalue weighted by Gasteiger charge is 2.20. The van der Waals surface area contributed by atoms with Crippen molar-refractivity contribution in [2.45, 2.75) is 6.92 Å². The van der Waals surface area contributed by atoms with Crippen LogP contribution in [0.15, 0.2) is 30.5 Å². The fourth-order valence-corrected chi connectivity index (χ4v) is 1.55. The molecule has 2 rings (SSSR count). The van der Waals surface area contributed by atoms with Crippen molar-refractivity contribution in [1.82, 2.24) is 4.98 Å². The van der Waals surface area contributed by atoms with Gasteiger partial charge >= 0.3 is 5.69 Å². The number of hydrogen-bond acceptors (Lipinski definition) is 5. The average molecular weight is 273 g/mol. The van der Waals surface area contributed by atoms with E-state index in [9.17, 15) is 14.5 Å². The van der Waals surface area contributed by atoms with Gasteiger partial charge in [0.05, 0.1) is 4.92 Å². The summed E-state index contributed by atoms with van der Waals surface area (Å²) in [5.74, 6) is -1.17. The molecule has 0 spiro atoms. The molecule has 7 heteroatoms. The van der Waals surface area contributed by atoms with Crippen LogP contribution in [0.4, 0.5) is 10.1 Å². The van der Waals surface area contributed by atoms with E-state index in [1.807, 2.05) is 0 Å². The zero-order valence-corrected chi connectivity index (χ0v) is 10.3. The second kappa shape index (κ2) is 5.32. The molecule has 1 heterocycles. The average Bonchev–Trinajstić information content (AvgIpc) is 2.41. The zero-order chi connectivity index (χ0) is 14.7. The highest BCUT2D eigenvalue weighted by atomic mass is 19.1. The molecule has 0 saturated carbocycles. The highest BCUT2D eigenvalue weighted by molar-refractivity contribution is 5.49. The summed E-state index contributed by atoms with van der Waals surface area (Å²) < 4.78 is 18.6. The Morgan fingerprint density at radius 1 is 1.50 bits per heavy atom. The number of nitro groups is 1. The van der Waals surface area contributed by atoms with E-state index < -0.39 is 10.7 Å². The van der Waals surface area contributed by atoms with Crippen LogP contribution in [0.2, 0.25) is 0 Å². The number of pyridine rings is 1. The van der Waals surface area contributed by atoms with Crippen LogP contribution in [-0.2, 0) is 0 Å². The molecule has 1 aromatic heterocycles. The number of aryl methyl sites for hydroxylation is 1. The van der Waals surface area contributed by atoms with Crippen LogP contribution in [0.3, 0.4) is 0 Å². The molecule has 6 nitrogen and oxygen atoms in total. The van der Waals surface area contributed by atoms with E-state index in [1.54, 1.807) is 13.0 Å². The summed E-state index contributed by atoms with van der Waals surface area (Å²) in [4.78, 5) is 14.1. The Labute approximate surface area is 113 Å². The molecule has 0 N–H and O–H groups in total. The van der Waals surface area contributed by atoms with Gasteiger partial charge in [0.2, 0.25) is 0 Å². The summed E-state index contributed by atoms with van der Waals surface area (Å²) in [6.45, 7) is 1.65. The molecule has 0 aliphatic heterocycles. The molecule has 0 amide bonds. The molecule has 0 bridgehead atoms. The van der Waals surface area contributed by atoms with E-state index in [0.29, 0.717) is 5.56 Å². The molecule has 0 aliphatic rings. The number of halogens is 1. The third-order valence-electron chi connectivity index (χ3n) is 2.46. The summed E-state index contributed by atoms with van der Waals surface area (Å²) in [5.41, 5.74) is -0.0916. The minimum atomic E-state index is -0.764. The highest BCUT2D eigenvalue weighted by Crippen LogP contribution is 2.31. The van der Waals surface area contributed by atoms with Crippen LogP contribution in [-0.4, -0.2) is 9.91 Å². The van der Waals surface area contributed by atoms with Gasteiger partial charge in [-0.1, -0.05) is 6.07 Å². The van der Waals surface area contributed by atoms with Crippen molar-refractivity contribution in [3.8, 4) is 17.7 Å². The predicted molar refractivity (Wildman–Crippen MR) is 66.8 cm³/mol. The monoisotopic (exact) mass is 273 g/mol. The van der Waals surface area contributed by atoms with E-state index in [4.69, 9.17) is 10.00 Å². The van der Waals surface area contributed by atoms with Gasteiger partial charge < -0.3 is 4.74 Å².